The Morgan fingerprint density at radius 3 is 2.95 bits per heavy atom. The molecule has 2 atom stereocenters. The van der Waals surface area contributed by atoms with E-state index in [1.807, 2.05) is 18.2 Å². The summed E-state index contributed by atoms with van der Waals surface area (Å²) >= 11 is 0. The van der Waals surface area contributed by atoms with Gasteiger partial charge in [-0.1, -0.05) is 25.5 Å². The van der Waals surface area contributed by atoms with Gasteiger partial charge in [0.05, 0.1) is 12.2 Å². The maximum Gasteiger partial charge on any atom is 0.338 e. The molecule has 1 fully saturated rings. The quantitative estimate of drug-likeness (QED) is 0.778. The van der Waals surface area contributed by atoms with Crippen molar-refractivity contribution in [2.24, 2.45) is 5.92 Å². The van der Waals surface area contributed by atoms with Crippen LogP contribution in [0.15, 0.2) is 24.3 Å². The third-order valence-electron chi connectivity index (χ3n) is 3.64. The number of ether oxygens (including phenoxy) is 2. The molecule has 3 heteroatoms. The predicted octanol–water partition coefficient (Wildman–Crippen LogP) is 3.57. The molecule has 1 aromatic rings. The van der Waals surface area contributed by atoms with Gasteiger partial charge in [0.2, 0.25) is 0 Å². The maximum atomic E-state index is 12.1. The molecule has 0 amide bonds. The van der Waals surface area contributed by atoms with E-state index < -0.39 is 0 Å². The number of hydrogen-bond donors (Lipinski definition) is 0. The minimum atomic E-state index is -0.211. The smallest absolute Gasteiger partial charge is 0.338 e. The van der Waals surface area contributed by atoms with Crippen molar-refractivity contribution in [1.82, 2.24) is 0 Å². The second-order valence-corrected chi connectivity index (χ2v) is 5.43. The summed E-state index contributed by atoms with van der Waals surface area (Å²) < 4.78 is 10.7. The molecule has 0 bridgehead atoms. The maximum absolute atomic E-state index is 12.1. The fraction of sp³-hybridized carbons (Fsp3) is 0.562. The third-order valence-corrected chi connectivity index (χ3v) is 3.64. The summed E-state index contributed by atoms with van der Waals surface area (Å²) in [6, 6.07) is 7.46. The van der Waals surface area contributed by atoms with Gasteiger partial charge in [0.25, 0.3) is 0 Å². The zero-order valence-corrected chi connectivity index (χ0v) is 11.7. The molecular weight excluding hydrogens is 240 g/mol. The fourth-order valence-corrected chi connectivity index (χ4v) is 2.66. The summed E-state index contributed by atoms with van der Waals surface area (Å²) in [5, 5.41) is 0. The highest BCUT2D eigenvalue weighted by atomic mass is 16.5. The van der Waals surface area contributed by atoms with Gasteiger partial charge in [0.1, 0.15) is 6.10 Å². The van der Waals surface area contributed by atoms with E-state index in [1.165, 1.54) is 6.42 Å². The van der Waals surface area contributed by atoms with Crippen molar-refractivity contribution in [2.45, 2.75) is 45.3 Å². The number of carbonyl (C=O) groups is 1. The van der Waals surface area contributed by atoms with Crippen LogP contribution in [0.2, 0.25) is 0 Å². The highest BCUT2D eigenvalue weighted by Crippen LogP contribution is 2.26. The van der Waals surface area contributed by atoms with Gasteiger partial charge < -0.3 is 9.47 Å². The van der Waals surface area contributed by atoms with Crippen LogP contribution in [0, 0.1) is 5.92 Å². The normalized spacial score (nSPS) is 23.1. The van der Waals surface area contributed by atoms with Crippen LogP contribution in [0.3, 0.4) is 0 Å². The van der Waals surface area contributed by atoms with E-state index in [-0.39, 0.29) is 12.1 Å². The number of hydrogen-bond acceptors (Lipinski definition) is 3. The summed E-state index contributed by atoms with van der Waals surface area (Å²) in [5.41, 5.74) is 1.61. The lowest BCUT2D eigenvalue weighted by Crippen LogP contribution is -2.24. The average molecular weight is 262 g/mol. The molecule has 1 saturated carbocycles. The lowest BCUT2D eigenvalue weighted by atomic mass is 9.89. The van der Waals surface area contributed by atoms with Crippen LogP contribution in [-0.2, 0) is 16.1 Å². The molecule has 1 aliphatic rings. The molecule has 0 aromatic heterocycles. The predicted molar refractivity (Wildman–Crippen MR) is 74.0 cm³/mol. The average Bonchev–Trinajstić information content (AvgIpc) is 2.39. The van der Waals surface area contributed by atoms with E-state index >= 15 is 0 Å². The van der Waals surface area contributed by atoms with Crippen LogP contribution in [0.25, 0.3) is 0 Å². The minimum absolute atomic E-state index is 0.0855. The Morgan fingerprint density at radius 2 is 2.21 bits per heavy atom. The zero-order valence-electron chi connectivity index (χ0n) is 11.7. The van der Waals surface area contributed by atoms with Crippen molar-refractivity contribution in [3.8, 4) is 0 Å². The minimum Gasteiger partial charge on any atom is -0.459 e. The zero-order chi connectivity index (χ0) is 13.7. The second-order valence-electron chi connectivity index (χ2n) is 5.43. The van der Waals surface area contributed by atoms with Gasteiger partial charge in [-0.15, -0.1) is 0 Å². The summed E-state index contributed by atoms with van der Waals surface area (Å²) in [6.07, 6.45) is 4.47. The summed E-state index contributed by atoms with van der Waals surface area (Å²) in [4.78, 5) is 12.1. The standard InChI is InChI=1S/C16H22O3/c1-12-5-3-8-15(9-12)19-16(17)14-7-4-6-13(10-14)11-18-2/h4,6-7,10,12,15H,3,5,8-9,11H2,1-2H3. The second kappa shape index (κ2) is 6.71. The summed E-state index contributed by atoms with van der Waals surface area (Å²) in [5.74, 6) is 0.448. The van der Waals surface area contributed by atoms with Gasteiger partial charge in [-0.2, -0.15) is 0 Å². The fourth-order valence-electron chi connectivity index (χ4n) is 2.66. The largest absolute Gasteiger partial charge is 0.459 e. The van der Waals surface area contributed by atoms with Gasteiger partial charge in [0, 0.05) is 7.11 Å². The Labute approximate surface area is 114 Å². The van der Waals surface area contributed by atoms with E-state index in [1.54, 1.807) is 13.2 Å². The van der Waals surface area contributed by atoms with Crippen LogP contribution in [0.1, 0.15) is 48.5 Å². The number of benzene rings is 1. The molecule has 19 heavy (non-hydrogen) atoms. The molecule has 0 saturated heterocycles. The molecule has 2 unspecified atom stereocenters. The summed E-state index contributed by atoms with van der Waals surface area (Å²) in [7, 11) is 1.65. The van der Waals surface area contributed by atoms with E-state index in [0.29, 0.717) is 18.1 Å². The molecule has 1 aliphatic carbocycles. The van der Waals surface area contributed by atoms with Crippen LogP contribution < -0.4 is 0 Å². The van der Waals surface area contributed by atoms with Gasteiger partial charge in [-0.3, -0.25) is 0 Å². The summed E-state index contributed by atoms with van der Waals surface area (Å²) in [6.45, 7) is 2.74. The van der Waals surface area contributed by atoms with Crippen LogP contribution in [-0.4, -0.2) is 19.2 Å². The van der Waals surface area contributed by atoms with Gasteiger partial charge in [0.15, 0.2) is 0 Å². The Morgan fingerprint density at radius 1 is 1.37 bits per heavy atom. The van der Waals surface area contributed by atoms with E-state index in [4.69, 9.17) is 9.47 Å². The van der Waals surface area contributed by atoms with E-state index in [0.717, 1.165) is 24.8 Å². The molecular formula is C16H22O3. The SMILES string of the molecule is COCc1cccc(C(=O)OC2CCCC(C)C2)c1. The number of rotatable bonds is 4. The lowest BCUT2D eigenvalue weighted by molar-refractivity contribution is 0.0155. The van der Waals surface area contributed by atoms with Crippen molar-refractivity contribution in [1.29, 1.82) is 0 Å². The first-order chi connectivity index (χ1) is 9.19. The topological polar surface area (TPSA) is 35.5 Å². The van der Waals surface area contributed by atoms with Crippen LogP contribution in [0.4, 0.5) is 0 Å². The number of methoxy groups -OCH3 is 1. The Balaban J connectivity index is 1.97. The van der Waals surface area contributed by atoms with Crippen molar-refractivity contribution < 1.29 is 14.3 Å². The number of carbonyl (C=O) groups excluding carboxylic acids is 1. The number of esters is 1. The van der Waals surface area contributed by atoms with Crippen molar-refractivity contribution >= 4 is 5.97 Å². The monoisotopic (exact) mass is 262 g/mol. The third kappa shape index (κ3) is 4.06. The molecule has 104 valence electrons. The molecule has 0 radical (unpaired) electrons. The Bertz CT molecular complexity index is 428. The highest BCUT2D eigenvalue weighted by molar-refractivity contribution is 5.89. The van der Waals surface area contributed by atoms with Gasteiger partial charge in [-0.05, 0) is 42.9 Å². The molecule has 0 aliphatic heterocycles. The molecule has 1 aromatic carbocycles. The van der Waals surface area contributed by atoms with Crippen LogP contribution in [0.5, 0.6) is 0 Å². The first-order valence-corrected chi connectivity index (χ1v) is 6.98. The van der Waals surface area contributed by atoms with Crippen molar-refractivity contribution in [2.75, 3.05) is 7.11 Å². The Kier molecular flexibility index (Phi) is 4.97. The van der Waals surface area contributed by atoms with E-state index in [9.17, 15) is 4.79 Å². The van der Waals surface area contributed by atoms with E-state index in [2.05, 4.69) is 6.92 Å². The highest BCUT2D eigenvalue weighted by Gasteiger charge is 2.22. The molecule has 0 N–H and O–H groups in total. The lowest BCUT2D eigenvalue weighted by Gasteiger charge is -2.26. The molecule has 3 nitrogen and oxygen atoms in total. The Hall–Kier alpha value is -1.35. The molecule has 2 rings (SSSR count). The van der Waals surface area contributed by atoms with Crippen molar-refractivity contribution in [3.63, 3.8) is 0 Å². The molecule has 0 heterocycles. The van der Waals surface area contributed by atoms with Gasteiger partial charge >= 0.3 is 5.97 Å². The first kappa shape index (κ1) is 14.1. The van der Waals surface area contributed by atoms with Crippen molar-refractivity contribution in [3.05, 3.63) is 35.4 Å². The first-order valence-electron chi connectivity index (χ1n) is 6.98. The van der Waals surface area contributed by atoms with Gasteiger partial charge in [-0.25, -0.2) is 4.79 Å². The molecule has 0 spiro atoms. The van der Waals surface area contributed by atoms with Crippen LogP contribution >= 0.6 is 0 Å².